The number of nitrogens with zero attached hydrogens (tertiary/aromatic N) is 2. The van der Waals surface area contributed by atoms with Gasteiger partial charge in [0, 0.05) is 32.5 Å². The van der Waals surface area contributed by atoms with E-state index in [4.69, 9.17) is 0 Å². The summed E-state index contributed by atoms with van der Waals surface area (Å²) >= 11 is 5.47. The van der Waals surface area contributed by atoms with Crippen LogP contribution in [0.1, 0.15) is 59.5 Å². The SMILES string of the molecule is CC[C@@H]1c2cccn2-c2sc3c(c2CN1C(=O)Nc1ccc(Br)c(C)c1)CCCC3. The molecule has 0 saturated carbocycles. The van der Waals surface area contributed by atoms with Gasteiger partial charge in [0.25, 0.3) is 0 Å². The van der Waals surface area contributed by atoms with Crippen LogP contribution in [-0.4, -0.2) is 15.5 Å². The second-order valence-electron chi connectivity index (χ2n) is 8.24. The number of amides is 2. The normalized spacial score (nSPS) is 17.7. The lowest BCUT2D eigenvalue weighted by molar-refractivity contribution is 0.181. The molecule has 0 unspecified atom stereocenters. The Hall–Kier alpha value is -2.05. The molecular formula is C24H26BrN3OS. The summed E-state index contributed by atoms with van der Waals surface area (Å²) in [4.78, 5) is 17.1. The number of aryl methyl sites for hydroxylation is 2. The Morgan fingerprint density at radius 2 is 2.07 bits per heavy atom. The smallest absolute Gasteiger partial charge is 0.312 e. The van der Waals surface area contributed by atoms with Crippen LogP contribution >= 0.6 is 27.3 Å². The number of halogens is 1. The van der Waals surface area contributed by atoms with Crippen molar-refractivity contribution in [1.82, 2.24) is 9.47 Å². The van der Waals surface area contributed by atoms with E-state index in [0.29, 0.717) is 6.54 Å². The van der Waals surface area contributed by atoms with Crippen molar-refractivity contribution >= 4 is 39.0 Å². The zero-order valence-electron chi connectivity index (χ0n) is 17.4. The molecule has 2 aromatic heterocycles. The van der Waals surface area contributed by atoms with Crippen molar-refractivity contribution in [2.75, 3.05) is 5.32 Å². The molecule has 0 saturated heterocycles. The van der Waals surface area contributed by atoms with Gasteiger partial charge in [0.2, 0.25) is 0 Å². The van der Waals surface area contributed by atoms with Crippen LogP contribution in [0, 0.1) is 6.92 Å². The van der Waals surface area contributed by atoms with Crippen molar-refractivity contribution in [3.63, 3.8) is 0 Å². The van der Waals surface area contributed by atoms with Crippen molar-refractivity contribution in [2.24, 2.45) is 0 Å². The van der Waals surface area contributed by atoms with Crippen LogP contribution in [0.2, 0.25) is 0 Å². The number of carbonyl (C=O) groups is 1. The van der Waals surface area contributed by atoms with E-state index in [9.17, 15) is 4.79 Å². The second kappa shape index (κ2) is 7.89. The largest absolute Gasteiger partial charge is 0.322 e. The van der Waals surface area contributed by atoms with E-state index in [-0.39, 0.29) is 12.1 Å². The molecule has 1 aliphatic heterocycles. The zero-order chi connectivity index (χ0) is 20.8. The maximum absolute atomic E-state index is 13.5. The van der Waals surface area contributed by atoms with E-state index in [0.717, 1.165) is 28.6 Å². The van der Waals surface area contributed by atoms with Gasteiger partial charge in [-0.1, -0.05) is 22.9 Å². The Kier molecular flexibility index (Phi) is 5.23. The number of benzene rings is 1. The van der Waals surface area contributed by atoms with Crippen LogP contribution in [-0.2, 0) is 19.4 Å². The molecule has 2 amide bonds. The van der Waals surface area contributed by atoms with Crippen molar-refractivity contribution in [3.05, 3.63) is 68.3 Å². The van der Waals surface area contributed by atoms with E-state index in [1.165, 1.54) is 46.0 Å². The van der Waals surface area contributed by atoms with Crippen LogP contribution in [0.4, 0.5) is 10.5 Å². The van der Waals surface area contributed by atoms with E-state index >= 15 is 0 Å². The highest BCUT2D eigenvalue weighted by molar-refractivity contribution is 9.10. The first-order valence-corrected chi connectivity index (χ1v) is 12.3. The van der Waals surface area contributed by atoms with Gasteiger partial charge in [-0.3, -0.25) is 0 Å². The van der Waals surface area contributed by atoms with Gasteiger partial charge in [0.1, 0.15) is 5.00 Å². The summed E-state index contributed by atoms with van der Waals surface area (Å²) in [7, 11) is 0. The van der Waals surface area contributed by atoms with Crippen molar-refractivity contribution in [1.29, 1.82) is 0 Å². The molecule has 2 aliphatic rings. The fourth-order valence-electron chi connectivity index (χ4n) is 4.83. The summed E-state index contributed by atoms with van der Waals surface area (Å²) < 4.78 is 3.39. The fourth-order valence-corrected chi connectivity index (χ4v) is 6.48. The number of thiophene rings is 1. The van der Waals surface area contributed by atoms with E-state index in [2.05, 4.69) is 51.1 Å². The maximum Gasteiger partial charge on any atom is 0.322 e. The number of carbonyl (C=O) groups excluding carboxylic acids is 1. The van der Waals surface area contributed by atoms with Gasteiger partial charge in [-0.05, 0) is 80.5 Å². The molecule has 3 aromatic rings. The molecule has 3 heterocycles. The first kappa shape index (κ1) is 19.9. The topological polar surface area (TPSA) is 37.3 Å². The minimum atomic E-state index is -0.0278. The molecule has 30 heavy (non-hydrogen) atoms. The van der Waals surface area contributed by atoms with Crippen LogP contribution in [0.5, 0.6) is 0 Å². The molecule has 1 atom stereocenters. The van der Waals surface area contributed by atoms with Gasteiger partial charge in [-0.15, -0.1) is 11.3 Å². The third-order valence-electron chi connectivity index (χ3n) is 6.36. The van der Waals surface area contributed by atoms with Crippen molar-refractivity contribution in [2.45, 2.75) is 58.5 Å². The molecule has 1 aromatic carbocycles. The van der Waals surface area contributed by atoms with Gasteiger partial charge < -0.3 is 14.8 Å². The number of anilines is 1. The van der Waals surface area contributed by atoms with Gasteiger partial charge in [0.05, 0.1) is 12.6 Å². The third kappa shape index (κ3) is 3.30. The molecule has 0 bridgehead atoms. The van der Waals surface area contributed by atoms with Gasteiger partial charge in [-0.25, -0.2) is 4.79 Å². The fraction of sp³-hybridized carbons (Fsp3) is 0.375. The average Bonchev–Trinajstić information content (AvgIpc) is 3.33. The van der Waals surface area contributed by atoms with Gasteiger partial charge >= 0.3 is 6.03 Å². The summed E-state index contributed by atoms with van der Waals surface area (Å²) in [5.74, 6) is 0. The molecule has 4 nitrogen and oxygen atoms in total. The highest BCUT2D eigenvalue weighted by Gasteiger charge is 2.34. The average molecular weight is 484 g/mol. The number of hydrogen-bond acceptors (Lipinski definition) is 2. The van der Waals surface area contributed by atoms with E-state index in [1.54, 1.807) is 0 Å². The van der Waals surface area contributed by atoms with Crippen molar-refractivity contribution in [3.8, 4) is 5.00 Å². The van der Waals surface area contributed by atoms with E-state index < -0.39 is 0 Å². The van der Waals surface area contributed by atoms with Crippen molar-refractivity contribution < 1.29 is 4.79 Å². The Balaban J connectivity index is 1.55. The van der Waals surface area contributed by atoms with Gasteiger partial charge in [0.15, 0.2) is 0 Å². The zero-order valence-corrected chi connectivity index (χ0v) is 19.8. The summed E-state index contributed by atoms with van der Waals surface area (Å²) in [6, 6.07) is 10.3. The highest BCUT2D eigenvalue weighted by Crippen LogP contribution is 2.43. The standard InChI is InChI=1S/C24H26BrN3OS/c1-3-20-21-8-6-12-27(21)23-18(17-7-4-5-9-22(17)30-23)14-28(20)24(29)26-16-10-11-19(25)15(2)13-16/h6,8,10-13,20H,3-5,7,9,14H2,1-2H3,(H,26,29)/t20-/m1/s1. The molecule has 156 valence electrons. The van der Waals surface area contributed by atoms with Crippen LogP contribution in [0.15, 0.2) is 41.0 Å². The summed E-state index contributed by atoms with van der Waals surface area (Å²) in [5, 5.41) is 4.47. The molecule has 6 heteroatoms. The molecule has 1 aliphatic carbocycles. The lowest BCUT2D eigenvalue weighted by Gasteiger charge is -2.30. The minimum Gasteiger partial charge on any atom is -0.312 e. The van der Waals surface area contributed by atoms with E-state index in [1.807, 2.05) is 41.4 Å². The first-order chi connectivity index (χ1) is 14.6. The number of urea groups is 1. The Labute approximate surface area is 190 Å². The monoisotopic (exact) mass is 483 g/mol. The molecule has 0 fully saturated rings. The predicted octanol–water partition coefficient (Wildman–Crippen LogP) is 6.99. The Bertz CT molecular complexity index is 1120. The number of rotatable bonds is 2. The summed E-state index contributed by atoms with van der Waals surface area (Å²) in [6.07, 6.45) is 7.87. The molecule has 1 N–H and O–H groups in total. The first-order valence-electron chi connectivity index (χ1n) is 10.7. The number of hydrogen-bond donors (Lipinski definition) is 1. The molecule has 5 rings (SSSR count). The third-order valence-corrected chi connectivity index (χ3v) is 8.58. The van der Waals surface area contributed by atoms with Crippen LogP contribution < -0.4 is 5.32 Å². The summed E-state index contributed by atoms with van der Waals surface area (Å²) in [5.41, 5.74) is 6.00. The molecule has 0 spiro atoms. The number of aromatic nitrogens is 1. The minimum absolute atomic E-state index is 0.0278. The maximum atomic E-state index is 13.5. The Morgan fingerprint density at radius 3 is 2.87 bits per heavy atom. The van der Waals surface area contributed by atoms with Crippen LogP contribution in [0.25, 0.3) is 5.00 Å². The van der Waals surface area contributed by atoms with Crippen LogP contribution in [0.3, 0.4) is 0 Å². The van der Waals surface area contributed by atoms with Gasteiger partial charge in [-0.2, -0.15) is 0 Å². The second-order valence-corrected chi connectivity index (χ2v) is 10.2. The quantitative estimate of drug-likeness (QED) is 0.418. The molecule has 0 radical (unpaired) electrons. The Morgan fingerprint density at radius 1 is 1.23 bits per heavy atom. The summed E-state index contributed by atoms with van der Waals surface area (Å²) in [6.45, 7) is 4.88. The predicted molar refractivity (Wildman–Crippen MR) is 127 cm³/mol. The lowest BCUT2D eigenvalue weighted by Crippen LogP contribution is -2.37. The number of nitrogens with one attached hydrogen (secondary N) is 1. The molecular weight excluding hydrogens is 458 g/mol. The lowest BCUT2D eigenvalue weighted by atomic mass is 9.95. The highest BCUT2D eigenvalue weighted by atomic mass is 79.9. The number of fused-ring (bicyclic) bond motifs is 5.